The van der Waals surface area contributed by atoms with Crippen molar-refractivity contribution in [2.45, 2.75) is 0 Å². The molecule has 3 nitrogen and oxygen atoms in total. The molecule has 1 aliphatic rings. The smallest absolute Gasteiger partial charge is 0.265 e. The summed E-state index contributed by atoms with van der Waals surface area (Å²) in [7, 11) is 0. The Bertz CT molecular complexity index is 476. The van der Waals surface area contributed by atoms with Crippen molar-refractivity contribution < 1.29 is 9.53 Å². The van der Waals surface area contributed by atoms with Gasteiger partial charge in [0.2, 0.25) is 0 Å². The van der Waals surface area contributed by atoms with Crippen molar-refractivity contribution >= 4 is 40.2 Å². The van der Waals surface area contributed by atoms with Crippen LogP contribution in [0.25, 0.3) is 0 Å². The summed E-state index contributed by atoms with van der Waals surface area (Å²) in [6.07, 6.45) is 0. The minimum atomic E-state index is -0.0569. The first-order chi connectivity index (χ1) is 8.11. The van der Waals surface area contributed by atoms with E-state index in [1.54, 1.807) is 4.90 Å². The average molecular weight is 314 g/mol. The van der Waals surface area contributed by atoms with E-state index in [1.165, 1.54) is 0 Å². The topological polar surface area (TPSA) is 29.5 Å². The molecule has 0 N–H and O–H groups in total. The van der Waals surface area contributed by atoms with E-state index >= 15 is 0 Å². The van der Waals surface area contributed by atoms with Gasteiger partial charge in [0, 0.05) is 16.8 Å². The third kappa shape index (κ3) is 2.66. The molecule has 0 atom stereocenters. The van der Waals surface area contributed by atoms with Crippen LogP contribution in [0.3, 0.4) is 0 Å². The lowest BCUT2D eigenvalue weighted by atomic mass is 10.2. The summed E-state index contributed by atoms with van der Waals surface area (Å²) in [6, 6.07) is 5.61. The van der Waals surface area contributed by atoms with Crippen LogP contribution in [0.1, 0.15) is 0 Å². The molecule has 17 heavy (non-hydrogen) atoms. The highest BCUT2D eigenvalue weighted by Crippen LogP contribution is 2.34. The molecule has 1 amide bonds. The summed E-state index contributed by atoms with van der Waals surface area (Å²) in [5.41, 5.74) is 1.67. The molecule has 2 rings (SSSR count). The van der Waals surface area contributed by atoms with Crippen LogP contribution >= 0.6 is 28.6 Å². The summed E-state index contributed by atoms with van der Waals surface area (Å²) < 4.78 is 6.29. The number of thiol groups is 1. The minimum Gasteiger partial charge on any atom is -0.482 e. The number of carbonyl (C=O) groups is 1. The van der Waals surface area contributed by atoms with Gasteiger partial charge in [0.15, 0.2) is 6.61 Å². The van der Waals surface area contributed by atoms with Gasteiger partial charge < -0.3 is 9.64 Å². The number of carbonyl (C=O) groups excluding carboxylic acids is 1. The van der Waals surface area contributed by atoms with Crippen LogP contribution in [-0.4, -0.2) is 24.8 Å². The Kier molecular flexibility index (Phi) is 3.79. The van der Waals surface area contributed by atoms with Crippen LogP contribution in [0.2, 0.25) is 0 Å². The predicted molar refractivity (Wildman–Crippen MR) is 75.0 cm³/mol. The summed E-state index contributed by atoms with van der Waals surface area (Å²) >= 11 is 7.55. The van der Waals surface area contributed by atoms with Gasteiger partial charge in [0.1, 0.15) is 5.75 Å². The fourth-order valence-corrected chi connectivity index (χ4v) is 2.07. The normalized spacial score (nSPS) is 14.2. The molecule has 1 aromatic rings. The maximum atomic E-state index is 11.8. The largest absolute Gasteiger partial charge is 0.482 e. The third-order valence-electron chi connectivity index (χ3n) is 2.47. The second kappa shape index (κ2) is 5.14. The lowest BCUT2D eigenvalue weighted by molar-refractivity contribution is -0.121. The van der Waals surface area contributed by atoms with Crippen molar-refractivity contribution in [2.75, 3.05) is 23.8 Å². The van der Waals surface area contributed by atoms with Crippen molar-refractivity contribution in [2.24, 2.45) is 0 Å². The molecule has 90 valence electrons. The molecule has 0 saturated heterocycles. The zero-order valence-corrected chi connectivity index (χ0v) is 11.6. The molecule has 0 saturated carbocycles. The Morgan fingerprint density at radius 2 is 2.35 bits per heavy atom. The first-order valence-corrected chi connectivity index (χ1v) is 6.54. The molecular weight excluding hydrogens is 302 g/mol. The fourth-order valence-electron chi connectivity index (χ4n) is 1.62. The van der Waals surface area contributed by atoms with Crippen LogP contribution in [0.4, 0.5) is 5.69 Å². The highest BCUT2D eigenvalue weighted by molar-refractivity contribution is 9.10. The average Bonchev–Trinajstić information content (AvgIpc) is 2.32. The Morgan fingerprint density at radius 3 is 3.06 bits per heavy atom. The molecule has 0 aliphatic carbocycles. The zero-order chi connectivity index (χ0) is 12.4. The Morgan fingerprint density at radius 1 is 1.59 bits per heavy atom. The maximum absolute atomic E-state index is 11.8. The highest BCUT2D eigenvalue weighted by Gasteiger charge is 2.25. The quantitative estimate of drug-likeness (QED) is 0.687. The highest BCUT2D eigenvalue weighted by atomic mass is 79.9. The van der Waals surface area contributed by atoms with Gasteiger partial charge >= 0.3 is 0 Å². The molecule has 1 heterocycles. The van der Waals surface area contributed by atoms with Gasteiger partial charge in [-0.1, -0.05) is 22.5 Å². The molecule has 0 unspecified atom stereocenters. The van der Waals surface area contributed by atoms with Crippen molar-refractivity contribution in [3.05, 3.63) is 34.8 Å². The first kappa shape index (κ1) is 12.5. The van der Waals surface area contributed by atoms with E-state index in [0.717, 1.165) is 21.5 Å². The van der Waals surface area contributed by atoms with Gasteiger partial charge in [0.05, 0.1) is 5.69 Å². The van der Waals surface area contributed by atoms with Gasteiger partial charge in [-0.05, 0) is 23.8 Å². The van der Waals surface area contributed by atoms with Gasteiger partial charge in [-0.15, -0.1) is 0 Å². The molecule has 0 fully saturated rings. The van der Waals surface area contributed by atoms with E-state index in [9.17, 15) is 4.79 Å². The summed E-state index contributed by atoms with van der Waals surface area (Å²) in [5.74, 6) is 1.23. The van der Waals surface area contributed by atoms with Gasteiger partial charge in [-0.2, -0.15) is 12.6 Å². The van der Waals surface area contributed by atoms with Crippen LogP contribution in [-0.2, 0) is 4.79 Å². The third-order valence-corrected chi connectivity index (χ3v) is 3.41. The number of amides is 1. The van der Waals surface area contributed by atoms with Gasteiger partial charge in [0.25, 0.3) is 5.91 Å². The summed E-state index contributed by atoms with van der Waals surface area (Å²) in [6.45, 7) is 4.43. The minimum absolute atomic E-state index is 0.0569. The number of rotatable bonds is 3. The lowest BCUT2D eigenvalue weighted by Gasteiger charge is -2.29. The van der Waals surface area contributed by atoms with Crippen molar-refractivity contribution in [3.63, 3.8) is 0 Å². The number of nitrogens with zero attached hydrogens (tertiary/aromatic N) is 1. The monoisotopic (exact) mass is 313 g/mol. The van der Waals surface area contributed by atoms with E-state index in [0.29, 0.717) is 12.3 Å². The number of halogens is 1. The molecule has 1 aromatic carbocycles. The molecule has 0 aromatic heterocycles. The summed E-state index contributed by atoms with van der Waals surface area (Å²) in [4.78, 5) is 13.5. The van der Waals surface area contributed by atoms with Gasteiger partial charge in [-0.3, -0.25) is 4.79 Å². The second-order valence-corrected chi connectivity index (χ2v) is 5.02. The molecule has 0 radical (unpaired) electrons. The van der Waals surface area contributed by atoms with E-state index < -0.39 is 0 Å². The molecular formula is C12H12BrNO2S. The van der Waals surface area contributed by atoms with Crippen LogP contribution in [0.15, 0.2) is 34.8 Å². The number of hydrogen-bond donors (Lipinski definition) is 1. The van der Waals surface area contributed by atoms with E-state index in [1.807, 2.05) is 18.2 Å². The number of benzene rings is 1. The number of ether oxygens (including phenoxy) is 1. The standard InChI is InChI=1S/C12H12BrNO2S/c1-8(7-17)5-14-10-4-9(13)2-3-11(10)16-6-12(14)15/h2-4,17H,1,5-7H2. The van der Waals surface area contributed by atoms with Gasteiger partial charge in [-0.25, -0.2) is 0 Å². The number of anilines is 1. The van der Waals surface area contributed by atoms with Crippen molar-refractivity contribution in [3.8, 4) is 5.75 Å². The van der Waals surface area contributed by atoms with Crippen molar-refractivity contribution in [1.29, 1.82) is 0 Å². The van der Waals surface area contributed by atoms with Crippen LogP contribution in [0, 0.1) is 0 Å². The maximum Gasteiger partial charge on any atom is 0.265 e. The Labute approximate surface area is 114 Å². The first-order valence-electron chi connectivity index (χ1n) is 5.12. The van der Waals surface area contributed by atoms with Crippen LogP contribution in [0.5, 0.6) is 5.75 Å². The zero-order valence-electron chi connectivity index (χ0n) is 9.15. The van der Waals surface area contributed by atoms with Crippen molar-refractivity contribution in [1.82, 2.24) is 0 Å². The van der Waals surface area contributed by atoms with Crippen LogP contribution < -0.4 is 9.64 Å². The molecule has 1 aliphatic heterocycles. The molecule has 5 heteroatoms. The number of fused-ring (bicyclic) bond motifs is 1. The number of hydrogen-bond acceptors (Lipinski definition) is 3. The fraction of sp³-hybridized carbons (Fsp3) is 0.250. The predicted octanol–water partition coefficient (Wildman–Crippen LogP) is 2.66. The molecule has 0 bridgehead atoms. The second-order valence-electron chi connectivity index (χ2n) is 3.79. The van der Waals surface area contributed by atoms with E-state index in [-0.39, 0.29) is 12.5 Å². The lowest BCUT2D eigenvalue weighted by Crippen LogP contribution is -2.40. The molecule has 0 spiro atoms. The summed E-state index contributed by atoms with van der Waals surface area (Å²) in [5, 5.41) is 0. The van der Waals surface area contributed by atoms with E-state index in [4.69, 9.17) is 4.74 Å². The Balaban J connectivity index is 2.35. The Hall–Kier alpha value is -0.940. The SMILES string of the molecule is C=C(CS)CN1C(=O)COc2ccc(Br)cc21. The van der Waals surface area contributed by atoms with E-state index in [2.05, 4.69) is 35.1 Å².